The number of alkyl halides is 1. The van der Waals surface area contributed by atoms with Crippen LogP contribution in [0.25, 0.3) is 0 Å². The molecule has 10 heavy (non-hydrogen) atoms. The maximum absolute atomic E-state index is 10.4. The molecule has 0 aliphatic heterocycles. The Labute approximate surface area is 71.7 Å². The van der Waals surface area contributed by atoms with Gasteiger partial charge in [-0.05, 0) is 30.4 Å². The van der Waals surface area contributed by atoms with Crippen LogP contribution in [0.2, 0.25) is 0 Å². The van der Waals surface area contributed by atoms with Crippen molar-refractivity contribution in [2.45, 2.75) is 32.1 Å². The SMILES string of the molecule is CC(C)CC[C@H](Cl)C(=O)Cl. The molecule has 0 rings (SSSR count). The number of carbonyl (C=O) groups excluding carboxylic acids is 1. The molecule has 0 bridgehead atoms. The molecular formula is C7H12Cl2O. The fourth-order valence-electron chi connectivity index (χ4n) is 0.593. The lowest BCUT2D eigenvalue weighted by atomic mass is 10.1. The zero-order chi connectivity index (χ0) is 8.15. The predicted octanol–water partition coefficient (Wildman–Crippen LogP) is 2.80. The van der Waals surface area contributed by atoms with Crippen molar-refractivity contribution >= 4 is 28.4 Å². The molecule has 0 aromatic rings. The second kappa shape index (κ2) is 4.97. The van der Waals surface area contributed by atoms with Crippen molar-refractivity contribution in [2.75, 3.05) is 0 Å². The summed E-state index contributed by atoms with van der Waals surface area (Å²) in [6.45, 7) is 4.17. The Morgan fingerprint density at radius 3 is 2.20 bits per heavy atom. The first-order chi connectivity index (χ1) is 4.54. The molecule has 1 nitrogen and oxygen atoms in total. The van der Waals surface area contributed by atoms with Gasteiger partial charge < -0.3 is 0 Å². The molecule has 0 fully saturated rings. The highest BCUT2D eigenvalue weighted by Crippen LogP contribution is 2.13. The summed E-state index contributed by atoms with van der Waals surface area (Å²) in [7, 11) is 0. The van der Waals surface area contributed by atoms with Gasteiger partial charge >= 0.3 is 0 Å². The molecule has 60 valence electrons. The number of hydrogen-bond donors (Lipinski definition) is 0. The second-order valence-corrected chi connectivity index (χ2v) is 3.64. The van der Waals surface area contributed by atoms with Gasteiger partial charge in [0, 0.05) is 0 Å². The first-order valence-electron chi connectivity index (χ1n) is 3.37. The van der Waals surface area contributed by atoms with E-state index in [0.29, 0.717) is 12.3 Å². The summed E-state index contributed by atoms with van der Waals surface area (Å²) >= 11 is 10.7. The van der Waals surface area contributed by atoms with Gasteiger partial charge in [0.2, 0.25) is 5.24 Å². The minimum absolute atomic E-state index is 0.442. The third kappa shape index (κ3) is 5.07. The van der Waals surface area contributed by atoms with Crippen LogP contribution in [0.15, 0.2) is 0 Å². The largest absolute Gasteiger partial charge is 0.280 e. The molecule has 0 aromatic carbocycles. The summed E-state index contributed by atoms with van der Waals surface area (Å²) in [6.07, 6.45) is 1.63. The Balaban J connectivity index is 3.40. The molecule has 0 radical (unpaired) electrons. The monoisotopic (exact) mass is 182 g/mol. The van der Waals surface area contributed by atoms with Crippen LogP contribution < -0.4 is 0 Å². The highest BCUT2D eigenvalue weighted by Gasteiger charge is 2.11. The maximum Gasteiger partial charge on any atom is 0.239 e. The van der Waals surface area contributed by atoms with E-state index in [-0.39, 0.29) is 0 Å². The van der Waals surface area contributed by atoms with Crippen LogP contribution in [-0.4, -0.2) is 10.6 Å². The van der Waals surface area contributed by atoms with Gasteiger partial charge in [0.25, 0.3) is 0 Å². The number of carbonyl (C=O) groups is 1. The number of rotatable bonds is 4. The average Bonchev–Trinajstić information content (AvgIpc) is 1.82. The summed E-state index contributed by atoms with van der Waals surface area (Å²) in [4.78, 5) is 10.4. The zero-order valence-corrected chi connectivity index (χ0v) is 7.74. The molecule has 3 heteroatoms. The van der Waals surface area contributed by atoms with Gasteiger partial charge in [0.05, 0.1) is 0 Å². The van der Waals surface area contributed by atoms with Gasteiger partial charge in [-0.25, -0.2) is 0 Å². The number of halogens is 2. The highest BCUT2D eigenvalue weighted by atomic mass is 35.5. The average molecular weight is 183 g/mol. The molecule has 1 atom stereocenters. The first kappa shape index (κ1) is 10.2. The van der Waals surface area contributed by atoms with Gasteiger partial charge in [-0.15, -0.1) is 11.6 Å². The third-order valence-corrected chi connectivity index (χ3v) is 2.04. The maximum atomic E-state index is 10.4. The van der Waals surface area contributed by atoms with Crippen LogP contribution in [0.4, 0.5) is 0 Å². The molecule has 0 unspecified atom stereocenters. The van der Waals surface area contributed by atoms with Crippen molar-refractivity contribution in [2.24, 2.45) is 5.92 Å². The molecule has 0 amide bonds. The normalized spacial score (nSPS) is 13.7. The van der Waals surface area contributed by atoms with Crippen molar-refractivity contribution in [1.29, 1.82) is 0 Å². The molecule has 0 saturated carbocycles. The zero-order valence-electron chi connectivity index (χ0n) is 6.23. The van der Waals surface area contributed by atoms with Crippen molar-refractivity contribution < 1.29 is 4.79 Å². The van der Waals surface area contributed by atoms with E-state index in [1.807, 2.05) is 0 Å². The number of hydrogen-bond acceptors (Lipinski definition) is 1. The van der Waals surface area contributed by atoms with E-state index in [4.69, 9.17) is 23.2 Å². The van der Waals surface area contributed by atoms with Gasteiger partial charge in [0.15, 0.2) is 0 Å². The lowest BCUT2D eigenvalue weighted by molar-refractivity contribution is -0.111. The van der Waals surface area contributed by atoms with Crippen molar-refractivity contribution in [3.05, 3.63) is 0 Å². The Bertz CT molecular complexity index is 112. The topological polar surface area (TPSA) is 17.1 Å². The summed E-state index contributed by atoms with van der Waals surface area (Å²) in [6, 6.07) is 0. The fraction of sp³-hybridized carbons (Fsp3) is 0.857. The van der Waals surface area contributed by atoms with E-state index >= 15 is 0 Å². The molecule has 0 spiro atoms. The van der Waals surface area contributed by atoms with Crippen molar-refractivity contribution in [3.63, 3.8) is 0 Å². The molecule has 0 aliphatic rings. The lowest BCUT2D eigenvalue weighted by Gasteiger charge is -2.05. The van der Waals surface area contributed by atoms with Crippen LogP contribution in [0.5, 0.6) is 0 Å². The van der Waals surface area contributed by atoms with Crippen LogP contribution >= 0.6 is 23.2 Å². The van der Waals surface area contributed by atoms with Gasteiger partial charge in [-0.2, -0.15) is 0 Å². The van der Waals surface area contributed by atoms with E-state index in [1.54, 1.807) is 0 Å². The van der Waals surface area contributed by atoms with E-state index in [9.17, 15) is 4.79 Å². The van der Waals surface area contributed by atoms with E-state index in [2.05, 4.69) is 13.8 Å². The summed E-state index contributed by atoms with van der Waals surface area (Å²) in [5.41, 5.74) is 0. The first-order valence-corrected chi connectivity index (χ1v) is 4.19. The standard InChI is InChI=1S/C7H12Cl2O/c1-5(2)3-4-6(8)7(9)10/h5-6H,3-4H2,1-2H3/t6-/m0/s1. The Morgan fingerprint density at radius 1 is 1.40 bits per heavy atom. The molecular weight excluding hydrogens is 171 g/mol. The molecule has 0 saturated heterocycles. The van der Waals surface area contributed by atoms with Crippen LogP contribution in [0, 0.1) is 5.92 Å². The van der Waals surface area contributed by atoms with Gasteiger partial charge in [-0.1, -0.05) is 13.8 Å². The molecule has 0 heterocycles. The van der Waals surface area contributed by atoms with Crippen LogP contribution in [0.3, 0.4) is 0 Å². The second-order valence-electron chi connectivity index (χ2n) is 2.74. The van der Waals surface area contributed by atoms with Crippen LogP contribution in [-0.2, 0) is 4.79 Å². The smallest absolute Gasteiger partial charge is 0.239 e. The fourth-order valence-corrected chi connectivity index (χ4v) is 0.828. The summed E-state index contributed by atoms with van der Waals surface area (Å²) in [5, 5.41) is -0.939. The van der Waals surface area contributed by atoms with Gasteiger partial charge in [0.1, 0.15) is 5.38 Å². The summed E-state index contributed by atoms with van der Waals surface area (Å²) < 4.78 is 0. The molecule has 0 aliphatic carbocycles. The lowest BCUT2D eigenvalue weighted by Crippen LogP contribution is -2.08. The third-order valence-electron chi connectivity index (χ3n) is 1.24. The molecule has 0 aromatic heterocycles. The highest BCUT2D eigenvalue weighted by molar-refractivity contribution is 6.69. The van der Waals surface area contributed by atoms with E-state index < -0.39 is 10.6 Å². The van der Waals surface area contributed by atoms with Crippen molar-refractivity contribution in [1.82, 2.24) is 0 Å². The predicted molar refractivity (Wildman–Crippen MR) is 44.6 cm³/mol. The quantitative estimate of drug-likeness (QED) is 0.483. The Kier molecular flexibility index (Phi) is 5.10. The van der Waals surface area contributed by atoms with Crippen molar-refractivity contribution in [3.8, 4) is 0 Å². The molecule has 0 N–H and O–H groups in total. The van der Waals surface area contributed by atoms with E-state index in [0.717, 1.165) is 6.42 Å². The summed E-state index contributed by atoms with van der Waals surface area (Å²) in [5.74, 6) is 0.581. The van der Waals surface area contributed by atoms with E-state index in [1.165, 1.54) is 0 Å². The van der Waals surface area contributed by atoms with Crippen LogP contribution in [0.1, 0.15) is 26.7 Å². The minimum atomic E-state index is -0.496. The van der Waals surface area contributed by atoms with Gasteiger partial charge in [-0.3, -0.25) is 4.79 Å². The Morgan fingerprint density at radius 2 is 1.90 bits per heavy atom. The minimum Gasteiger partial charge on any atom is -0.280 e. The Hall–Kier alpha value is 0.250.